The molecule has 4 nitrogen and oxygen atoms in total. The molecule has 1 aromatic rings. The van der Waals surface area contributed by atoms with Crippen molar-refractivity contribution in [3.63, 3.8) is 0 Å². The van der Waals surface area contributed by atoms with Crippen molar-refractivity contribution in [1.29, 1.82) is 0 Å². The molecule has 0 saturated carbocycles. The fraction of sp³-hybridized carbons (Fsp3) is 0.571. The summed E-state index contributed by atoms with van der Waals surface area (Å²) in [6, 6.07) is 1.79. The highest BCUT2D eigenvalue weighted by Crippen LogP contribution is 2.19. The molecule has 0 bridgehead atoms. The molecule has 0 radical (unpaired) electrons. The van der Waals surface area contributed by atoms with Crippen LogP contribution < -0.4 is 10.1 Å². The average Bonchev–Trinajstić information content (AvgIpc) is 2.35. The van der Waals surface area contributed by atoms with Gasteiger partial charge >= 0.3 is 0 Å². The molecule has 1 N–H and O–H groups in total. The molecule has 18 heavy (non-hydrogen) atoms. The molecule has 0 aromatic carbocycles. The number of aromatic nitrogens is 2. The lowest BCUT2D eigenvalue weighted by Gasteiger charge is -2.20. The number of rotatable bonds is 6. The predicted octanol–water partition coefficient (Wildman–Crippen LogP) is 2.65. The molecule has 0 saturated heterocycles. The number of nitrogens with zero attached hydrogens (tertiary/aromatic N) is 2. The first-order valence-corrected chi connectivity index (χ1v) is 6.29. The van der Waals surface area contributed by atoms with Gasteiger partial charge in [-0.1, -0.05) is 19.8 Å². The Balaban J connectivity index is 2.94. The van der Waals surface area contributed by atoms with Gasteiger partial charge in [0.25, 0.3) is 0 Å². The zero-order valence-electron chi connectivity index (χ0n) is 11.6. The molecule has 0 unspecified atom stereocenters. The van der Waals surface area contributed by atoms with E-state index in [4.69, 9.17) is 11.2 Å². The standard InChI is InChI=1S/C14H21N3O/c1-6-9-15-12-10-13(17-11(7-2)16-12)18-14(4,5)8-3/h3,10H,6-7,9H2,1-2,4-5H3,(H,15,16,17). The van der Waals surface area contributed by atoms with Crippen LogP contribution in [-0.4, -0.2) is 22.1 Å². The van der Waals surface area contributed by atoms with E-state index in [1.54, 1.807) is 6.07 Å². The monoisotopic (exact) mass is 247 g/mol. The molecular formula is C14H21N3O. The maximum Gasteiger partial charge on any atom is 0.220 e. The fourth-order valence-corrected chi connectivity index (χ4v) is 1.32. The molecule has 0 spiro atoms. The Morgan fingerprint density at radius 1 is 1.39 bits per heavy atom. The molecule has 1 aromatic heterocycles. The first-order valence-electron chi connectivity index (χ1n) is 6.29. The summed E-state index contributed by atoms with van der Waals surface area (Å²) in [7, 11) is 0. The van der Waals surface area contributed by atoms with E-state index in [1.165, 1.54) is 0 Å². The topological polar surface area (TPSA) is 47.0 Å². The highest BCUT2D eigenvalue weighted by Gasteiger charge is 2.17. The molecule has 0 aliphatic rings. The zero-order chi connectivity index (χ0) is 13.6. The number of terminal acetylenes is 1. The lowest BCUT2D eigenvalue weighted by atomic mass is 10.1. The molecule has 1 rings (SSSR count). The maximum atomic E-state index is 5.69. The lowest BCUT2D eigenvalue weighted by Crippen LogP contribution is -2.26. The predicted molar refractivity (Wildman–Crippen MR) is 73.7 cm³/mol. The van der Waals surface area contributed by atoms with Gasteiger partial charge in [-0.15, -0.1) is 6.42 Å². The minimum atomic E-state index is -0.665. The number of hydrogen-bond acceptors (Lipinski definition) is 4. The van der Waals surface area contributed by atoms with E-state index >= 15 is 0 Å². The lowest BCUT2D eigenvalue weighted by molar-refractivity contribution is 0.164. The van der Waals surface area contributed by atoms with E-state index in [0.717, 1.165) is 31.0 Å². The van der Waals surface area contributed by atoms with Gasteiger partial charge in [0.2, 0.25) is 5.88 Å². The van der Waals surface area contributed by atoms with Gasteiger partial charge in [0.05, 0.1) is 0 Å². The second-order valence-electron chi connectivity index (χ2n) is 4.54. The smallest absolute Gasteiger partial charge is 0.220 e. The summed E-state index contributed by atoms with van der Waals surface area (Å²) in [5.74, 6) is 4.64. The van der Waals surface area contributed by atoms with Gasteiger partial charge in [-0.25, -0.2) is 4.98 Å². The summed E-state index contributed by atoms with van der Waals surface area (Å²) in [5, 5.41) is 3.23. The van der Waals surface area contributed by atoms with Crippen molar-refractivity contribution in [2.24, 2.45) is 0 Å². The molecule has 0 atom stereocenters. The maximum absolute atomic E-state index is 5.69. The number of nitrogens with one attached hydrogen (secondary N) is 1. The number of ether oxygens (including phenoxy) is 1. The van der Waals surface area contributed by atoms with E-state index in [-0.39, 0.29) is 0 Å². The van der Waals surface area contributed by atoms with Crippen molar-refractivity contribution >= 4 is 5.82 Å². The summed E-state index contributed by atoms with van der Waals surface area (Å²) in [6.07, 6.45) is 7.21. The third kappa shape index (κ3) is 4.25. The van der Waals surface area contributed by atoms with Crippen molar-refractivity contribution in [3.05, 3.63) is 11.9 Å². The van der Waals surface area contributed by atoms with Crippen molar-refractivity contribution in [2.45, 2.75) is 46.1 Å². The van der Waals surface area contributed by atoms with Crippen LogP contribution in [0.5, 0.6) is 5.88 Å². The molecule has 0 aliphatic heterocycles. The van der Waals surface area contributed by atoms with Crippen molar-refractivity contribution in [3.8, 4) is 18.2 Å². The number of anilines is 1. The van der Waals surface area contributed by atoms with Crippen LogP contribution in [-0.2, 0) is 6.42 Å². The van der Waals surface area contributed by atoms with Gasteiger partial charge in [-0.05, 0) is 20.3 Å². The highest BCUT2D eigenvalue weighted by molar-refractivity contribution is 5.38. The van der Waals surface area contributed by atoms with Crippen LogP contribution >= 0.6 is 0 Å². The van der Waals surface area contributed by atoms with E-state index in [2.05, 4.69) is 28.1 Å². The quantitative estimate of drug-likeness (QED) is 0.785. The van der Waals surface area contributed by atoms with Crippen LogP contribution in [0.1, 0.15) is 39.9 Å². The second kappa shape index (κ2) is 6.25. The third-order valence-corrected chi connectivity index (χ3v) is 2.33. The Morgan fingerprint density at radius 3 is 2.67 bits per heavy atom. The summed E-state index contributed by atoms with van der Waals surface area (Å²) in [4.78, 5) is 8.72. The average molecular weight is 247 g/mol. The Hall–Kier alpha value is -1.76. The molecule has 0 fully saturated rings. The van der Waals surface area contributed by atoms with Gasteiger partial charge < -0.3 is 10.1 Å². The summed E-state index contributed by atoms with van der Waals surface area (Å²) in [5.41, 5.74) is -0.665. The van der Waals surface area contributed by atoms with Gasteiger partial charge in [-0.2, -0.15) is 4.98 Å². The largest absolute Gasteiger partial charge is 0.458 e. The summed E-state index contributed by atoms with van der Waals surface area (Å²) >= 11 is 0. The third-order valence-electron chi connectivity index (χ3n) is 2.33. The highest BCUT2D eigenvalue weighted by atomic mass is 16.5. The van der Waals surface area contributed by atoms with E-state index in [1.807, 2.05) is 20.8 Å². The minimum absolute atomic E-state index is 0.517. The van der Waals surface area contributed by atoms with E-state index in [9.17, 15) is 0 Å². The first kappa shape index (κ1) is 14.3. The minimum Gasteiger partial charge on any atom is -0.458 e. The molecule has 98 valence electrons. The van der Waals surface area contributed by atoms with Crippen LogP contribution in [0.4, 0.5) is 5.82 Å². The van der Waals surface area contributed by atoms with E-state index < -0.39 is 5.60 Å². The van der Waals surface area contributed by atoms with Crippen LogP contribution in [0.25, 0.3) is 0 Å². The molecule has 0 amide bonds. The summed E-state index contributed by atoms with van der Waals surface area (Å²) in [6.45, 7) is 8.65. The molecular weight excluding hydrogens is 226 g/mol. The zero-order valence-corrected chi connectivity index (χ0v) is 11.6. The second-order valence-corrected chi connectivity index (χ2v) is 4.54. The Kier molecular flexibility index (Phi) is 4.96. The molecule has 4 heteroatoms. The van der Waals surface area contributed by atoms with Crippen LogP contribution in [0, 0.1) is 12.3 Å². The SMILES string of the molecule is C#CC(C)(C)Oc1cc(NCCC)nc(CC)n1. The van der Waals surface area contributed by atoms with Gasteiger partial charge in [0.15, 0.2) is 5.60 Å². The van der Waals surface area contributed by atoms with Gasteiger partial charge in [-0.3, -0.25) is 0 Å². The van der Waals surface area contributed by atoms with E-state index in [0.29, 0.717) is 5.88 Å². The number of aryl methyl sites for hydroxylation is 1. The van der Waals surface area contributed by atoms with Crippen molar-refractivity contribution in [2.75, 3.05) is 11.9 Å². The normalized spacial score (nSPS) is 10.8. The van der Waals surface area contributed by atoms with Crippen molar-refractivity contribution < 1.29 is 4.74 Å². The van der Waals surface area contributed by atoms with Crippen molar-refractivity contribution in [1.82, 2.24) is 9.97 Å². The Labute approximate surface area is 109 Å². The van der Waals surface area contributed by atoms with Gasteiger partial charge in [0, 0.05) is 19.0 Å². The Bertz CT molecular complexity index is 435. The van der Waals surface area contributed by atoms with Crippen LogP contribution in [0.2, 0.25) is 0 Å². The van der Waals surface area contributed by atoms with Crippen LogP contribution in [0.15, 0.2) is 6.07 Å². The molecule has 1 heterocycles. The Morgan fingerprint density at radius 2 is 2.11 bits per heavy atom. The van der Waals surface area contributed by atoms with Crippen LogP contribution in [0.3, 0.4) is 0 Å². The fourth-order valence-electron chi connectivity index (χ4n) is 1.32. The first-order chi connectivity index (χ1) is 8.50. The van der Waals surface area contributed by atoms with Gasteiger partial charge in [0.1, 0.15) is 11.6 Å². The molecule has 0 aliphatic carbocycles. The summed E-state index contributed by atoms with van der Waals surface area (Å²) < 4.78 is 5.69. The number of hydrogen-bond donors (Lipinski definition) is 1.